The molecule has 1 amide bonds. The van der Waals surface area contributed by atoms with E-state index in [2.05, 4.69) is 32.5 Å². The molecule has 1 atom stereocenters. The summed E-state index contributed by atoms with van der Waals surface area (Å²) in [6.45, 7) is 2.47. The maximum absolute atomic E-state index is 13.0. The number of nitrogens with zero attached hydrogens (tertiary/aromatic N) is 4. The van der Waals surface area contributed by atoms with Crippen molar-refractivity contribution in [3.05, 3.63) is 63.3 Å². The van der Waals surface area contributed by atoms with Gasteiger partial charge in [-0.2, -0.15) is 4.98 Å². The molecule has 3 N–H and O–H groups in total. The van der Waals surface area contributed by atoms with Crippen LogP contribution in [0.15, 0.2) is 36.5 Å². The van der Waals surface area contributed by atoms with Gasteiger partial charge in [0.05, 0.1) is 29.6 Å². The van der Waals surface area contributed by atoms with Crippen molar-refractivity contribution in [1.29, 1.82) is 0 Å². The summed E-state index contributed by atoms with van der Waals surface area (Å²) < 4.78 is 11.6. The maximum Gasteiger partial charge on any atom is 0.253 e. The van der Waals surface area contributed by atoms with Crippen LogP contribution < -0.4 is 20.1 Å². The van der Waals surface area contributed by atoms with Gasteiger partial charge in [-0.3, -0.25) is 9.69 Å². The quantitative estimate of drug-likeness (QED) is 0.374. The molecule has 1 fully saturated rings. The molecule has 0 radical (unpaired) electrons. The fraction of sp³-hybridized carbons (Fsp3) is 0.370. The SMILES string of the molecule is COc1cc(C(=O)NC2CCN(C)CC2)c(Cl)cc1Nc1ncc(Cl)c(Oc2cccc3c2C(O)N(C)C3)n1. The van der Waals surface area contributed by atoms with E-state index in [9.17, 15) is 9.90 Å². The number of halogens is 2. The molecular formula is C27H30Cl2N6O4. The van der Waals surface area contributed by atoms with Crippen LogP contribution in [0.3, 0.4) is 0 Å². The van der Waals surface area contributed by atoms with Gasteiger partial charge in [-0.1, -0.05) is 35.3 Å². The number of hydrogen-bond acceptors (Lipinski definition) is 9. The van der Waals surface area contributed by atoms with E-state index in [1.54, 1.807) is 23.1 Å². The Bertz CT molecular complexity index is 1380. The van der Waals surface area contributed by atoms with Crippen LogP contribution in [0.1, 0.15) is 40.6 Å². The first kappa shape index (κ1) is 27.4. The average Bonchev–Trinajstić information content (AvgIpc) is 3.21. The number of methoxy groups -OCH3 is 1. The summed E-state index contributed by atoms with van der Waals surface area (Å²) in [6, 6.07) is 8.83. The van der Waals surface area contributed by atoms with Crippen molar-refractivity contribution in [3.63, 3.8) is 0 Å². The first-order valence-corrected chi connectivity index (χ1v) is 13.3. The Labute approximate surface area is 236 Å². The molecule has 5 rings (SSSR count). The van der Waals surface area contributed by atoms with Crippen LogP contribution in [0.5, 0.6) is 17.4 Å². The number of benzene rings is 2. The largest absolute Gasteiger partial charge is 0.495 e. The first-order chi connectivity index (χ1) is 18.7. The highest BCUT2D eigenvalue weighted by molar-refractivity contribution is 6.34. The van der Waals surface area contributed by atoms with Crippen molar-refractivity contribution in [2.75, 3.05) is 39.6 Å². The minimum atomic E-state index is -0.795. The second kappa shape index (κ2) is 11.5. The molecule has 3 aromatic rings. The Kier molecular flexibility index (Phi) is 8.11. The lowest BCUT2D eigenvalue weighted by molar-refractivity contribution is 0.0325. The van der Waals surface area contributed by atoms with Gasteiger partial charge in [0.1, 0.15) is 22.7 Å². The molecule has 10 nitrogen and oxygen atoms in total. The molecule has 2 aliphatic rings. The number of hydrogen-bond donors (Lipinski definition) is 3. The normalized spacial score (nSPS) is 18.1. The van der Waals surface area contributed by atoms with Crippen molar-refractivity contribution in [2.45, 2.75) is 31.7 Å². The summed E-state index contributed by atoms with van der Waals surface area (Å²) in [5.41, 5.74) is 2.42. The Balaban J connectivity index is 1.35. The third kappa shape index (κ3) is 5.90. The Morgan fingerprint density at radius 3 is 2.64 bits per heavy atom. The zero-order valence-corrected chi connectivity index (χ0v) is 23.4. The van der Waals surface area contributed by atoms with Crippen LogP contribution in [0, 0.1) is 0 Å². The number of likely N-dealkylation sites (tertiary alicyclic amines) is 1. The molecule has 1 saturated heterocycles. The Morgan fingerprint density at radius 2 is 1.90 bits per heavy atom. The van der Waals surface area contributed by atoms with Gasteiger partial charge in [0.25, 0.3) is 5.91 Å². The van der Waals surface area contributed by atoms with Gasteiger partial charge in [-0.05, 0) is 63.8 Å². The van der Waals surface area contributed by atoms with Gasteiger partial charge in [0.2, 0.25) is 11.8 Å². The van der Waals surface area contributed by atoms with Gasteiger partial charge < -0.3 is 30.1 Å². The smallest absolute Gasteiger partial charge is 0.253 e. The van der Waals surface area contributed by atoms with Crippen LogP contribution in [0.25, 0.3) is 0 Å². The minimum Gasteiger partial charge on any atom is -0.495 e. The number of rotatable bonds is 7. The van der Waals surface area contributed by atoms with Crippen molar-refractivity contribution in [2.24, 2.45) is 0 Å². The van der Waals surface area contributed by atoms with Crippen molar-refractivity contribution in [1.82, 2.24) is 25.1 Å². The average molecular weight is 573 g/mol. The number of aromatic nitrogens is 2. The first-order valence-electron chi connectivity index (χ1n) is 12.6. The summed E-state index contributed by atoms with van der Waals surface area (Å²) in [6.07, 6.45) is 2.39. The predicted octanol–water partition coefficient (Wildman–Crippen LogP) is 4.59. The minimum absolute atomic E-state index is 0.0989. The van der Waals surface area contributed by atoms with Gasteiger partial charge >= 0.3 is 0 Å². The van der Waals surface area contributed by atoms with Gasteiger partial charge in [0.15, 0.2) is 0 Å². The van der Waals surface area contributed by atoms with Crippen molar-refractivity contribution in [3.8, 4) is 17.4 Å². The van der Waals surface area contributed by atoms with E-state index < -0.39 is 6.23 Å². The summed E-state index contributed by atoms with van der Waals surface area (Å²) in [5, 5.41) is 17.2. The fourth-order valence-electron chi connectivity index (χ4n) is 4.80. The fourth-order valence-corrected chi connectivity index (χ4v) is 5.18. The van der Waals surface area contributed by atoms with Crippen molar-refractivity contribution < 1.29 is 19.4 Å². The molecule has 2 aliphatic heterocycles. The van der Waals surface area contributed by atoms with Crippen LogP contribution in [0.4, 0.5) is 11.6 Å². The molecule has 3 heterocycles. The Hall–Kier alpha value is -3.15. The number of ether oxygens (including phenoxy) is 2. The van der Waals surface area contributed by atoms with E-state index in [1.807, 2.05) is 19.2 Å². The number of amides is 1. The van der Waals surface area contributed by atoms with Crippen LogP contribution >= 0.6 is 23.2 Å². The number of aliphatic hydroxyl groups excluding tert-OH is 1. The van der Waals surface area contributed by atoms with E-state index in [1.165, 1.54) is 13.3 Å². The zero-order valence-electron chi connectivity index (χ0n) is 21.9. The lowest BCUT2D eigenvalue weighted by Crippen LogP contribution is -2.43. The molecule has 2 aromatic carbocycles. The van der Waals surface area contributed by atoms with E-state index >= 15 is 0 Å². The lowest BCUT2D eigenvalue weighted by Gasteiger charge is -2.29. The van der Waals surface area contributed by atoms with Crippen LogP contribution in [0.2, 0.25) is 10.0 Å². The highest BCUT2D eigenvalue weighted by Crippen LogP contribution is 2.40. The molecule has 0 spiro atoms. The Morgan fingerprint density at radius 1 is 1.13 bits per heavy atom. The van der Waals surface area contributed by atoms with E-state index in [4.69, 9.17) is 32.7 Å². The molecule has 206 valence electrons. The summed E-state index contributed by atoms with van der Waals surface area (Å²) in [4.78, 5) is 25.7. The topological polar surface area (TPSA) is 112 Å². The van der Waals surface area contributed by atoms with Gasteiger partial charge in [-0.25, -0.2) is 4.98 Å². The van der Waals surface area contributed by atoms with Crippen molar-refractivity contribution >= 4 is 40.7 Å². The predicted molar refractivity (Wildman–Crippen MR) is 149 cm³/mol. The number of anilines is 2. The molecule has 39 heavy (non-hydrogen) atoms. The molecule has 1 unspecified atom stereocenters. The monoisotopic (exact) mass is 572 g/mol. The molecular weight excluding hydrogens is 543 g/mol. The number of carbonyl (C=O) groups is 1. The summed E-state index contributed by atoms with van der Waals surface area (Å²) in [7, 11) is 5.40. The van der Waals surface area contributed by atoms with E-state index in [0.717, 1.165) is 31.5 Å². The molecule has 0 bridgehead atoms. The van der Waals surface area contributed by atoms with Crippen LogP contribution in [-0.2, 0) is 6.54 Å². The molecule has 1 aromatic heterocycles. The van der Waals surface area contributed by atoms with Crippen LogP contribution in [-0.4, -0.2) is 71.1 Å². The standard InChI is InChI=1S/C27H30Cl2N6O4/c1-34-9-7-16(8-10-34)31-24(36)17-11-22(38-3)20(12-18(17)28)32-27-30-13-19(29)25(33-27)39-21-6-4-5-15-14-35(2)26(37)23(15)21/h4-6,11-13,16,26,37H,7-10,14H2,1-3H3,(H,31,36)(H,30,32,33). The summed E-state index contributed by atoms with van der Waals surface area (Å²) >= 11 is 12.9. The molecule has 0 saturated carbocycles. The third-order valence-corrected chi connectivity index (χ3v) is 7.58. The van der Waals surface area contributed by atoms with Gasteiger partial charge in [-0.15, -0.1) is 0 Å². The number of carbonyl (C=O) groups excluding carboxylic acids is 1. The zero-order chi connectivity index (χ0) is 27.7. The highest BCUT2D eigenvalue weighted by atomic mass is 35.5. The number of nitrogens with one attached hydrogen (secondary N) is 2. The van der Waals surface area contributed by atoms with E-state index in [0.29, 0.717) is 34.9 Å². The van der Waals surface area contributed by atoms with E-state index in [-0.39, 0.29) is 33.8 Å². The summed E-state index contributed by atoms with van der Waals surface area (Å²) in [5.74, 6) is 0.889. The highest BCUT2D eigenvalue weighted by Gasteiger charge is 2.29. The molecule has 12 heteroatoms. The number of fused-ring (bicyclic) bond motifs is 1. The molecule has 0 aliphatic carbocycles. The third-order valence-electron chi connectivity index (χ3n) is 7.00. The number of piperidine rings is 1. The lowest BCUT2D eigenvalue weighted by atomic mass is 10.0. The second-order valence-electron chi connectivity index (χ2n) is 9.77. The van der Waals surface area contributed by atoms with Gasteiger partial charge in [0, 0.05) is 18.2 Å². The maximum atomic E-state index is 13.0. The second-order valence-corrected chi connectivity index (χ2v) is 10.6. The number of aliphatic hydroxyl groups is 1.